The van der Waals surface area contributed by atoms with Crippen LogP contribution in [-0.4, -0.2) is 116 Å². The Bertz CT molecular complexity index is 5120. The second kappa shape index (κ2) is 31.0. The van der Waals surface area contributed by atoms with Crippen molar-refractivity contribution < 1.29 is 57.0 Å². The number of rotatable bonds is 16. The monoisotopic (exact) mass is 1510 g/mol. The number of alkyl carbamates (subject to hydrolysis) is 2. The summed E-state index contributed by atoms with van der Waals surface area (Å²) < 4.78 is 37.3. The highest BCUT2D eigenvalue weighted by molar-refractivity contribution is 6.62. The molecule has 0 atom stereocenters. The van der Waals surface area contributed by atoms with Crippen molar-refractivity contribution >= 4 is 105 Å². The number of halogens is 1. The van der Waals surface area contributed by atoms with Crippen molar-refractivity contribution in [2.24, 2.45) is 0 Å². The van der Waals surface area contributed by atoms with Crippen molar-refractivity contribution in [3.8, 4) is 45.4 Å². The SMILES string of the molecule is CC(=O)OC(C)(C)C(=O)Nc1cccc(-c2ccc3nc(-c4cccnc4N)n(-c4ccc(C5(NC(=O)OC(C)(C)C)CCC5)cc4)c3n2)c1.CC(=O)OC(C)(C)C(=O)Nc1cccc(B2OC(C)(C)C(C)(C)O2)c1.CC(C)(C)OC(=O)NC1(c2ccc(-n3c(-c4cccnc4N)nc4ccc(Cl)nc43)cc2)CCC1. The van der Waals surface area contributed by atoms with Crippen molar-refractivity contribution in [1.82, 2.24) is 49.7 Å². The average molecular weight is 1510 g/mol. The zero-order chi connectivity index (χ0) is 79.7. The number of amides is 4. The lowest BCUT2D eigenvalue weighted by Gasteiger charge is -2.43. The fourth-order valence-corrected chi connectivity index (χ4v) is 13.0. The van der Waals surface area contributed by atoms with E-state index in [1.54, 1.807) is 56.6 Å². The maximum Gasteiger partial charge on any atom is 0.494 e. The van der Waals surface area contributed by atoms with Gasteiger partial charge in [0.1, 0.15) is 39.0 Å². The number of nitrogens with one attached hydrogen (secondary N) is 4. The fourth-order valence-electron chi connectivity index (χ4n) is 12.9. The van der Waals surface area contributed by atoms with Gasteiger partial charge in [0.05, 0.1) is 39.1 Å². The van der Waals surface area contributed by atoms with E-state index in [-0.39, 0.29) is 0 Å². The van der Waals surface area contributed by atoms with E-state index in [0.717, 1.165) is 72.1 Å². The Morgan fingerprint density at radius 2 is 0.918 bits per heavy atom. The van der Waals surface area contributed by atoms with Gasteiger partial charge < -0.3 is 61.0 Å². The molecule has 7 heterocycles. The number of nitrogens with two attached hydrogens (primary N) is 2. The number of nitrogens with zero attached hydrogens (tertiary/aromatic N) is 8. The second-order valence-corrected chi connectivity index (χ2v) is 31.9. The number of hydrogen-bond acceptors (Lipinski definition) is 20. The van der Waals surface area contributed by atoms with Gasteiger partial charge >= 0.3 is 31.2 Å². The first-order chi connectivity index (χ1) is 51.6. The maximum absolute atomic E-state index is 12.9. The van der Waals surface area contributed by atoms with E-state index in [4.69, 9.17) is 66.3 Å². The van der Waals surface area contributed by atoms with E-state index in [0.29, 0.717) is 79.0 Å². The summed E-state index contributed by atoms with van der Waals surface area (Å²) in [7, 11) is -0.511. The summed E-state index contributed by atoms with van der Waals surface area (Å²) in [6.07, 6.45) is 7.79. The van der Waals surface area contributed by atoms with Gasteiger partial charge in [-0.3, -0.25) is 28.3 Å². The predicted molar refractivity (Wildman–Crippen MR) is 424 cm³/mol. The molecule has 6 aromatic heterocycles. The minimum atomic E-state index is -1.35. The lowest BCUT2D eigenvalue weighted by atomic mass is 9.72. The smallest absolute Gasteiger partial charge is 0.450 e. The molecule has 1 aliphatic heterocycles. The molecule has 8 N–H and O–H groups in total. The van der Waals surface area contributed by atoms with Crippen LogP contribution in [0.2, 0.25) is 5.15 Å². The lowest BCUT2D eigenvalue weighted by molar-refractivity contribution is -0.160. The Morgan fingerprint density at radius 1 is 0.500 bits per heavy atom. The second-order valence-electron chi connectivity index (χ2n) is 31.6. The third kappa shape index (κ3) is 18.0. The average Bonchev–Trinajstić information content (AvgIpc) is 1.56. The number of anilines is 4. The molecule has 4 aromatic carbocycles. The Kier molecular flexibility index (Phi) is 22.5. The third-order valence-corrected chi connectivity index (χ3v) is 19.6. The summed E-state index contributed by atoms with van der Waals surface area (Å²) in [5, 5.41) is 12.2. The highest BCUT2D eigenvalue weighted by Gasteiger charge is 2.52. The Hall–Kier alpha value is -11.3. The van der Waals surface area contributed by atoms with Crippen molar-refractivity contribution in [3.63, 3.8) is 0 Å². The molecule has 0 radical (unpaired) electrons. The first-order valence-corrected chi connectivity index (χ1v) is 36.7. The number of ether oxygens (including phenoxy) is 4. The van der Waals surface area contributed by atoms with Crippen LogP contribution < -0.4 is 38.2 Å². The molecule has 110 heavy (non-hydrogen) atoms. The number of fused-ring (bicyclic) bond motifs is 2. The number of imidazole rings is 2. The van der Waals surface area contributed by atoms with Crippen LogP contribution in [0, 0.1) is 0 Å². The molecular formula is C82H94BClN14O12. The summed E-state index contributed by atoms with van der Waals surface area (Å²) in [6.45, 7) is 27.8. The van der Waals surface area contributed by atoms with Crippen molar-refractivity contribution in [3.05, 3.63) is 174 Å². The molecule has 2 aliphatic carbocycles. The lowest BCUT2D eigenvalue weighted by Crippen LogP contribution is -2.52. The number of hydrogen-bond donors (Lipinski definition) is 6. The van der Waals surface area contributed by atoms with Crippen LogP contribution in [0.1, 0.15) is 160 Å². The van der Waals surface area contributed by atoms with Crippen LogP contribution in [-0.2, 0) is 58.5 Å². The Labute approximate surface area is 644 Å². The zero-order valence-corrected chi connectivity index (χ0v) is 65.6. The number of pyridine rings is 4. The topological polar surface area (TPSA) is 345 Å². The fraction of sp³-hybridized carbons (Fsp3) is 0.366. The standard InChI is InChI=1S/C38H41N7O5.C26H27ClN6O2.C18H26BNO5/c1-23(46)49-37(5,6)34(47)41-26-11-7-10-24(22-26)29-17-18-30-33(42-29)45(32(43-30)28-12-8-21-40-31(28)39)27-15-13-25(14-16-27)38(19-9-20-38)44-35(48)50-36(2,3)4;1-25(2,3)35-24(34)32-26(13-5-14-26)16-7-9-17(10-8-16)33-22(18-6-4-15-29-21(18)28)30-19-11-12-20(27)31-23(19)33;1-12(21)23-16(2,3)15(22)20-14-10-8-9-13(11-14)19-24-17(4,5)18(6,7)25-19/h7-8,10-18,21-22H,9,19-20H2,1-6H3,(H2,39,40)(H,41,47)(H,44,48);4,6-12,15H,5,13-14H2,1-3H3,(H2,28,29)(H,32,34);8-11H,1-7H3,(H,20,22). The van der Waals surface area contributed by atoms with E-state index in [1.807, 2.05) is 194 Å². The number of carbonyl (C=O) groups excluding carboxylic acids is 6. The first-order valence-electron chi connectivity index (χ1n) is 36.3. The molecule has 4 amide bonds. The van der Waals surface area contributed by atoms with Gasteiger partial charge in [-0.1, -0.05) is 60.1 Å². The molecule has 10 aromatic rings. The molecule has 3 aliphatic rings. The van der Waals surface area contributed by atoms with Crippen LogP contribution in [0.15, 0.2) is 158 Å². The van der Waals surface area contributed by atoms with Crippen LogP contribution in [0.5, 0.6) is 0 Å². The Balaban J connectivity index is 0.000000174. The van der Waals surface area contributed by atoms with Crippen LogP contribution in [0.3, 0.4) is 0 Å². The van der Waals surface area contributed by atoms with Gasteiger partial charge in [0, 0.05) is 54.6 Å². The predicted octanol–water partition coefficient (Wildman–Crippen LogP) is 14.8. The van der Waals surface area contributed by atoms with Gasteiger partial charge in [-0.2, -0.15) is 0 Å². The van der Waals surface area contributed by atoms with Crippen LogP contribution >= 0.6 is 11.6 Å². The van der Waals surface area contributed by atoms with E-state index in [9.17, 15) is 28.8 Å². The largest absolute Gasteiger partial charge is 0.494 e. The van der Waals surface area contributed by atoms with Gasteiger partial charge in [-0.05, 0) is 249 Å². The summed E-state index contributed by atoms with van der Waals surface area (Å²) >= 11 is 6.23. The highest BCUT2D eigenvalue weighted by atomic mass is 35.5. The number of carbonyl (C=O) groups is 6. The normalized spacial score (nSPS) is 15.4. The van der Waals surface area contributed by atoms with Crippen LogP contribution in [0.4, 0.5) is 32.6 Å². The zero-order valence-electron chi connectivity index (χ0n) is 64.8. The summed E-state index contributed by atoms with van der Waals surface area (Å²) in [6, 6.07) is 45.2. The van der Waals surface area contributed by atoms with Crippen molar-refractivity contribution in [1.29, 1.82) is 0 Å². The van der Waals surface area contributed by atoms with Gasteiger partial charge in [0.15, 0.2) is 34.1 Å². The molecule has 2 saturated carbocycles. The van der Waals surface area contributed by atoms with Gasteiger partial charge in [0.25, 0.3) is 11.8 Å². The number of esters is 2. The molecule has 13 rings (SSSR count). The van der Waals surface area contributed by atoms with Gasteiger partial charge in [0.2, 0.25) is 0 Å². The van der Waals surface area contributed by atoms with E-state index in [2.05, 4.69) is 36.2 Å². The van der Waals surface area contributed by atoms with Crippen LogP contribution in [0.25, 0.3) is 67.7 Å². The summed E-state index contributed by atoms with van der Waals surface area (Å²) in [5.41, 5.74) is 17.8. The van der Waals surface area contributed by atoms with Crippen molar-refractivity contribution in [2.75, 3.05) is 22.1 Å². The van der Waals surface area contributed by atoms with E-state index < -0.39 is 87.7 Å². The molecule has 1 saturated heterocycles. The Morgan fingerprint density at radius 3 is 1.33 bits per heavy atom. The maximum atomic E-state index is 12.9. The first kappa shape index (κ1) is 79.7. The molecule has 28 heteroatoms. The quantitative estimate of drug-likeness (QED) is 0.0226. The third-order valence-electron chi connectivity index (χ3n) is 19.4. The van der Waals surface area contributed by atoms with Gasteiger partial charge in [-0.15, -0.1) is 0 Å². The summed E-state index contributed by atoms with van der Waals surface area (Å²) in [5.74, 6) is -0.0218. The highest BCUT2D eigenvalue weighted by Crippen LogP contribution is 2.45. The minimum absolute atomic E-state index is 0.330. The number of aromatic nitrogens is 8. The summed E-state index contributed by atoms with van der Waals surface area (Å²) in [4.78, 5) is 101. The molecule has 574 valence electrons. The minimum Gasteiger partial charge on any atom is -0.450 e. The van der Waals surface area contributed by atoms with Gasteiger partial charge in [-0.25, -0.2) is 39.5 Å². The molecule has 26 nitrogen and oxygen atoms in total. The van der Waals surface area contributed by atoms with Crippen molar-refractivity contribution in [2.45, 2.75) is 194 Å². The molecule has 3 fully saturated rings. The number of benzene rings is 4. The number of nitrogen functional groups attached to an aromatic ring is 2. The molecule has 0 unspecified atom stereocenters. The van der Waals surface area contributed by atoms with E-state index in [1.165, 1.54) is 27.7 Å². The van der Waals surface area contributed by atoms with E-state index >= 15 is 0 Å². The molecular weight excluding hydrogens is 1420 g/mol. The molecule has 0 bridgehead atoms. The molecule has 0 spiro atoms.